The van der Waals surface area contributed by atoms with Crippen molar-refractivity contribution in [2.45, 2.75) is 80.6 Å². The highest BCUT2D eigenvalue weighted by atomic mass is 19.1. The molecular formula is C28H34FN3O3. The van der Waals surface area contributed by atoms with Crippen LogP contribution in [0.5, 0.6) is 0 Å². The summed E-state index contributed by atoms with van der Waals surface area (Å²) in [6, 6.07) is 6.13. The molecule has 1 aromatic heterocycles. The van der Waals surface area contributed by atoms with Gasteiger partial charge in [-0.2, -0.15) is 5.10 Å². The summed E-state index contributed by atoms with van der Waals surface area (Å²) >= 11 is 0. The Bertz CT molecular complexity index is 1290. The number of benzene rings is 1. The number of nitrogens with zero attached hydrogens (tertiary/aromatic N) is 2. The fourth-order valence-electron chi connectivity index (χ4n) is 8.54. The van der Waals surface area contributed by atoms with E-state index in [1.54, 1.807) is 0 Å². The van der Waals surface area contributed by atoms with Gasteiger partial charge in [0.05, 0.1) is 23.4 Å². The minimum absolute atomic E-state index is 0.118. The molecule has 7 heteroatoms. The highest BCUT2D eigenvalue weighted by Gasteiger charge is 2.76. The summed E-state index contributed by atoms with van der Waals surface area (Å²) in [6.45, 7) is 2.34. The molecule has 3 heterocycles. The van der Waals surface area contributed by atoms with Crippen molar-refractivity contribution in [2.75, 3.05) is 14.1 Å². The Balaban J connectivity index is 1.30. The monoisotopic (exact) mass is 479 g/mol. The fraction of sp³-hybridized carbons (Fsp3) is 0.607. The number of ether oxygens (including phenoxy) is 1. The molecule has 2 saturated heterocycles. The van der Waals surface area contributed by atoms with E-state index in [1.165, 1.54) is 11.1 Å². The topological polar surface area (TPSA) is 81.6 Å². The molecule has 7 rings (SSSR count). The van der Waals surface area contributed by atoms with Crippen LogP contribution in [-0.2, 0) is 4.74 Å². The van der Waals surface area contributed by atoms with E-state index in [0.717, 1.165) is 35.7 Å². The third-order valence-electron chi connectivity index (χ3n) is 10.4. The van der Waals surface area contributed by atoms with Crippen LogP contribution in [0.25, 0.3) is 16.5 Å². The first-order chi connectivity index (χ1) is 16.6. The second-order valence-electron chi connectivity index (χ2n) is 12.1. The molecule has 35 heavy (non-hydrogen) atoms. The zero-order valence-electron chi connectivity index (χ0n) is 20.6. The SMILES string of the molecule is CN(C)C1CC23CCC4(O2)C(=CCC2(C)C(c5ccc6cn[nH]c6c5)=CCC24)CC3(F)C(O)C1O. The zero-order chi connectivity index (χ0) is 24.4. The van der Waals surface area contributed by atoms with Crippen LogP contribution >= 0.6 is 0 Å². The molecule has 2 bridgehead atoms. The lowest BCUT2D eigenvalue weighted by Crippen LogP contribution is -2.73. The largest absolute Gasteiger partial charge is 0.389 e. The number of allylic oxidation sites excluding steroid dienone is 3. The maximum atomic E-state index is 16.8. The fourth-order valence-corrected chi connectivity index (χ4v) is 8.54. The molecular weight excluding hydrogens is 445 g/mol. The number of halogens is 1. The van der Waals surface area contributed by atoms with Gasteiger partial charge < -0.3 is 19.8 Å². The summed E-state index contributed by atoms with van der Waals surface area (Å²) in [7, 11) is 3.76. The van der Waals surface area contributed by atoms with E-state index in [-0.39, 0.29) is 23.8 Å². The number of rotatable bonds is 2. The summed E-state index contributed by atoms with van der Waals surface area (Å²) < 4.78 is 23.8. The van der Waals surface area contributed by atoms with E-state index in [2.05, 4.69) is 47.5 Å². The Morgan fingerprint density at radius 1 is 1.20 bits per heavy atom. The molecule has 1 saturated carbocycles. The number of fused-ring (bicyclic) bond motifs is 2. The van der Waals surface area contributed by atoms with Crippen molar-refractivity contribution in [1.29, 1.82) is 0 Å². The van der Waals surface area contributed by atoms with Gasteiger partial charge in [0, 0.05) is 29.2 Å². The Labute approximate surface area is 204 Å². The van der Waals surface area contributed by atoms with Crippen molar-refractivity contribution in [1.82, 2.24) is 15.1 Å². The molecule has 0 radical (unpaired) electrons. The third-order valence-corrected chi connectivity index (χ3v) is 10.4. The number of nitrogens with one attached hydrogen (secondary N) is 1. The smallest absolute Gasteiger partial charge is 0.171 e. The van der Waals surface area contributed by atoms with Crippen LogP contribution in [0.3, 0.4) is 0 Å². The number of aromatic nitrogens is 2. The predicted molar refractivity (Wildman–Crippen MR) is 131 cm³/mol. The molecule has 3 N–H and O–H groups in total. The molecule has 6 nitrogen and oxygen atoms in total. The number of hydrogen-bond donors (Lipinski definition) is 3. The van der Waals surface area contributed by atoms with Gasteiger partial charge in [0.15, 0.2) is 5.67 Å². The van der Waals surface area contributed by atoms with Gasteiger partial charge in [-0.15, -0.1) is 0 Å². The average molecular weight is 480 g/mol. The molecule has 3 aliphatic carbocycles. The number of aliphatic hydroxyl groups excluding tert-OH is 2. The normalized spacial score (nSPS) is 46.3. The molecule has 2 spiro atoms. The van der Waals surface area contributed by atoms with Gasteiger partial charge in [0.2, 0.25) is 0 Å². The van der Waals surface area contributed by atoms with Crippen LogP contribution in [-0.4, -0.2) is 74.5 Å². The second kappa shape index (κ2) is 6.82. The Hall–Kier alpha value is -2.06. The first-order valence-corrected chi connectivity index (χ1v) is 12.9. The lowest BCUT2D eigenvalue weighted by molar-refractivity contribution is -0.282. The van der Waals surface area contributed by atoms with Crippen molar-refractivity contribution >= 4 is 16.5 Å². The molecule has 186 valence electrons. The van der Waals surface area contributed by atoms with Gasteiger partial charge in [-0.25, -0.2) is 4.39 Å². The van der Waals surface area contributed by atoms with Crippen LogP contribution in [0.15, 0.2) is 42.1 Å². The maximum absolute atomic E-state index is 16.8. The number of hydrogen-bond acceptors (Lipinski definition) is 5. The summed E-state index contributed by atoms with van der Waals surface area (Å²) in [5.41, 5.74) is 0.866. The van der Waals surface area contributed by atoms with Crippen molar-refractivity contribution in [2.24, 2.45) is 11.3 Å². The molecule has 8 unspecified atom stereocenters. The van der Waals surface area contributed by atoms with E-state index >= 15 is 4.39 Å². The summed E-state index contributed by atoms with van der Waals surface area (Å²) in [4.78, 5) is 1.90. The van der Waals surface area contributed by atoms with Crippen molar-refractivity contribution in [3.63, 3.8) is 0 Å². The minimum Gasteiger partial charge on any atom is -0.389 e. The van der Waals surface area contributed by atoms with E-state index in [1.807, 2.05) is 25.2 Å². The summed E-state index contributed by atoms with van der Waals surface area (Å²) in [6.07, 6.45) is 7.36. The third kappa shape index (κ3) is 2.55. The van der Waals surface area contributed by atoms with Crippen LogP contribution < -0.4 is 0 Å². The Morgan fingerprint density at radius 2 is 2.03 bits per heavy atom. The first-order valence-electron chi connectivity index (χ1n) is 12.9. The quantitative estimate of drug-likeness (QED) is 0.572. The number of likely N-dealkylation sites (N-methyl/N-ethyl adjacent to an activating group) is 1. The van der Waals surface area contributed by atoms with Crippen molar-refractivity contribution in [3.05, 3.63) is 47.7 Å². The van der Waals surface area contributed by atoms with E-state index in [4.69, 9.17) is 4.74 Å². The zero-order valence-corrected chi connectivity index (χ0v) is 20.6. The van der Waals surface area contributed by atoms with Gasteiger partial charge in [-0.3, -0.25) is 5.10 Å². The molecule has 2 aromatic rings. The highest BCUT2D eigenvalue weighted by molar-refractivity contribution is 5.84. The van der Waals surface area contributed by atoms with Gasteiger partial charge in [-0.1, -0.05) is 31.2 Å². The number of aliphatic hydroxyl groups is 2. The number of alkyl halides is 1. The Kier molecular flexibility index (Phi) is 4.32. The van der Waals surface area contributed by atoms with E-state index in [0.29, 0.717) is 12.8 Å². The molecule has 8 atom stereocenters. The second-order valence-corrected chi connectivity index (χ2v) is 12.1. The predicted octanol–water partition coefficient (Wildman–Crippen LogP) is 3.76. The highest BCUT2D eigenvalue weighted by Crippen LogP contribution is 2.70. The summed E-state index contributed by atoms with van der Waals surface area (Å²) in [5.74, 6) is 0.216. The van der Waals surface area contributed by atoms with Crippen LogP contribution in [0.2, 0.25) is 0 Å². The van der Waals surface area contributed by atoms with Gasteiger partial charge in [0.25, 0.3) is 0 Å². The molecule has 5 aliphatic rings. The first kappa shape index (κ1) is 22.2. The lowest BCUT2D eigenvalue weighted by Gasteiger charge is -2.61. The molecule has 0 amide bonds. The summed E-state index contributed by atoms with van der Waals surface area (Å²) in [5, 5.41) is 30.3. The Morgan fingerprint density at radius 3 is 2.83 bits per heavy atom. The molecule has 3 fully saturated rings. The number of aromatic amines is 1. The molecule has 1 aromatic carbocycles. The molecule has 2 aliphatic heterocycles. The van der Waals surface area contributed by atoms with Crippen LogP contribution in [0, 0.1) is 11.3 Å². The standard InChI is InChI=1S/C28H34FN3O3/c1-25-9-8-18-13-28(29)24(34)23(33)21(32(2)3)14-26(28)10-11-27(18,35-26)22(25)7-6-19(25)16-4-5-17-15-30-31-20(17)12-16/h4-6,8,12,15,21-24,33-34H,7,9-11,13-14H2,1-3H3,(H,30,31). The van der Waals surface area contributed by atoms with Crippen LogP contribution in [0.4, 0.5) is 4.39 Å². The van der Waals surface area contributed by atoms with Gasteiger partial charge in [0.1, 0.15) is 11.7 Å². The minimum atomic E-state index is -1.97. The maximum Gasteiger partial charge on any atom is 0.171 e. The van der Waals surface area contributed by atoms with E-state index in [9.17, 15) is 10.2 Å². The van der Waals surface area contributed by atoms with Gasteiger partial charge >= 0.3 is 0 Å². The lowest BCUT2D eigenvalue weighted by atomic mass is 9.56. The van der Waals surface area contributed by atoms with Crippen molar-refractivity contribution < 1.29 is 19.3 Å². The van der Waals surface area contributed by atoms with Crippen molar-refractivity contribution in [3.8, 4) is 0 Å². The van der Waals surface area contributed by atoms with Crippen LogP contribution in [0.1, 0.15) is 51.0 Å². The number of H-pyrrole nitrogens is 1. The van der Waals surface area contributed by atoms with E-state index < -0.39 is 29.1 Å². The van der Waals surface area contributed by atoms with Gasteiger partial charge in [-0.05, 0) is 69.0 Å². The average Bonchev–Trinajstić information content (AvgIpc) is 3.52.